The van der Waals surface area contributed by atoms with Crippen LogP contribution in [0.4, 0.5) is 0 Å². The van der Waals surface area contributed by atoms with Gasteiger partial charge in [0.1, 0.15) is 0 Å². The molecule has 0 atom stereocenters. The summed E-state index contributed by atoms with van der Waals surface area (Å²) in [6.07, 6.45) is 4.28. The molecule has 0 amide bonds. The average Bonchev–Trinajstić information content (AvgIpc) is 2.20. The second-order valence-electron chi connectivity index (χ2n) is 3.86. The van der Waals surface area contributed by atoms with Gasteiger partial charge in [-0.05, 0) is 46.8 Å². The normalized spacial score (nSPS) is 16.2. The zero-order valence-corrected chi connectivity index (χ0v) is 10.2. The Hall–Kier alpha value is -0.830. The number of piperidine rings is 1. The van der Waals surface area contributed by atoms with Gasteiger partial charge in [0.15, 0.2) is 0 Å². The summed E-state index contributed by atoms with van der Waals surface area (Å²) in [4.78, 5) is 12.8. The monoisotopic (exact) mass is 213 g/mol. The van der Waals surface area contributed by atoms with Crippen LogP contribution in [0.1, 0.15) is 33.1 Å². The van der Waals surface area contributed by atoms with Crippen molar-refractivity contribution in [3.8, 4) is 0 Å². The maximum Gasteiger partial charge on any atom is 0.333 e. The Morgan fingerprint density at radius 3 is 2.07 bits per heavy atom. The van der Waals surface area contributed by atoms with E-state index in [-0.39, 0.29) is 5.97 Å². The molecule has 0 saturated carbocycles. The number of carbonyl (C=O) groups excluding carboxylic acids is 1. The molecular weight excluding hydrogens is 190 g/mol. The number of hydrogen-bond acceptors (Lipinski definition) is 3. The average molecular weight is 213 g/mol. The summed E-state index contributed by atoms with van der Waals surface area (Å²) in [5.74, 6) is -0.312. The Bertz CT molecular complexity index is 196. The van der Waals surface area contributed by atoms with Gasteiger partial charge in [-0.25, -0.2) is 4.79 Å². The van der Waals surface area contributed by atoms with Gasteiger partial charge >= 0.3 is 5.97 Å². The molecule has 0 aromatic carbocycles. The van der Waals surface area contributed by atoms with Gasteiger partial charge in [-0.1, -0.05) is 13.0 Å². The Kier molecular flexibility index (Phi) is 8.01. The number of hydrogen-bond donors (Lipinski definition) is 0. The predicted octanol–water partition coefficient (Wildman–Crippen LogP) is 2.23. The van der Waals surface area contributed by atoms with Crippen LogP contribution in [0.5, 0.6) is 0 Å². The third-order valence-corrected chi connectivity index (χ3v) is 2.20. The van der Waals surface area contributed by atoms with Crippen molar-refractivity contribution < 1.29 is 9.53 Å². The van der Waals surface area contributed by atoms with E-state index in [0.29, 0.717) is 12.2 Å². The first-order chi connectivity index (χ1) is 7.07. The van der Waals surface area contributed by atoms with E-state index in [1.807, 2.05) is 0 Å². The lowest BCUT2D eigenvalue weighted by atomic mass is 10.1. The van der Waals surface area contributed by atoms with Crippen LogP contribution < -0.4 is 0 Å². The zero-order valence-electron chi connectivity index (χ0n) is 10.2. The fourth-order valence-corrected chi connectivity index (χ4v) is 1.31. The number of ether oxygens (including phenoxy) is 1. The minimum absolute atomic E-state index is 0.312. The Morgan fingerprint density at radius 1 is 1.33 bits per heavy atom. The molecule has 0 aromatic rings. The topological polar surface area (TPSA) is 29.5 Å². The van der Waals surface area contributed by atoms with Crippen LogP contribution in [0.2, 0.25) is 0 Å². The first-order valence-corrected chi connectivity index (χ1v) is 5.59. The summed E-state index contributed by atoms with van der Waals surface area (Å²) in [5.41, 5.74) is 0.451. The fraction of sp³-hybridized carbons (Fsp3) is 0.750. The van der Waals surface area contributed by atoms with Crippen molar-refractivity contribution in [2.45, 2.75) is 33.1 Å². The fourth-order valence-electron chi connectivity index (χ4n) is 1.31. The van der Waals surface area contributed by atoms with Gasteiger partial charge in [-0.2, -0.15) is 0 Å². The van der Waals surface area contributed by atoms with Crippen LogP contribution in [0.15, 0.2) is 12.2 Å². The minimum Gasteiger partial charge on any atom is -0.463 e. The lowest BCUT2D eigenvalue weighted by Crippen LogP contribution is -2.24. The van der Waals surface area contributed by atoms with Crippen molar-refractivity contribution >= 4 is 5.97 Å². The van der Waals surface area contributed by atoms with Crippen molar-refractivity contribution in [3.05, 3.63) is 12.2 Å². The molecule has 1 saturated heterocycles. The molecule has 3 nitrogen and oxygen atoms in total. The van der Waals surface area contributed by atoms with Gasteiger partial charge in [0.05, 0.1) is 6.61 Å². The van der Waals surface area contributed by atoms with Crippen molar-refractivity contribution in [1.29, 1.82) is 0 Å². The molecule has 88 valence electrons. The number of likely N-dealkylation sites (tertiary alicyclic amines) is 1. The van der Waals surface area contributed by atoms with E-state index < -0.39 is 0 Å². The number of rotatable bonds is 2. The highest BCUT2D eigenvalue weighted by atomic mass is 16.5. The van der Waals surface area contributed by atoms with E-state index in [0.717, 1.165) is 0 Å². The predicted molar refractivity (Wildman–Crippen MR) is 62.8 cm³/mol. The first-order valence-electron chi connectivity index (χ1n) is 5.59. The molecule has 1 heterocycles. The lowest BCUT2D eigenvalue weighted by Gasteiger charge is -2.20. The molecule has 0 spiro atoms. The van der Waals surface area contributed by atoms with Crippen molar-refractivity contribution in [2.75, 3.05) is 26.7 Å². The molecule has 3 heteroatoms. The first kappa shape index (κ1) is 14.2. The van der Waals surface area contributed by atoms with Crippen LogP contribution in [-0.4, -0.2) is 37.6 Å². The maximum absolute atomic E-state index is 10.4. The van der Waals surface area contributed by atoms with Gasteiger partial charge in [0.25, 0.3) is 0 Å². The van der Waals surface area contributed by atoms with E-state index in [9.17, 15) is 4.79 Å². The molecule has 0 radical (unpaired) electrons. The van der Waals surface area contributed by atoms with Crippen LogP contribution >= 0.6 is 0 Å². The molecule has 0 bridgehead atoms. The number of esters is 1. The Labute approximate surface area is 93.1 Å². The largest absolute Gasteiger partial charge is 0.463 e. The Balaban J connectivity index is 0.000000262. The molecule has 1 aliphatic heterocycles. The Morgan fingerprint density at radius 2 is 1.87 bits per heavy atom. The number of carbonyl (C=O) groups is 1. The van der Waals surface area contributed by atoms with Crippen LogP contribution in [0.3, 0.4) is 0 Å². The second-order valence-corrected chi connectivity index (χ2v) is 3.86. The van der Waals surface area contributed by atoms with E-state index >= 15 is 0 Å². The molecule has 0 unspecified atom stereocenters. The third-order valence-electron chi connectivity index (χ3n) is 2.20. The van der Waals surface area contributed by atoms with Crippen molar-refractivity contribution in [3.63, 3.8) is 0 Å². The van der Waals surface area contributed by atoms with Crippen LogP contribution in [0.25, 0.3) is 0 Å². The van der Waals surface area contributed by atoms with Gasteiger partial charge in [-0.3, -0.25) is 0 Å². The lowest BCUT2D eigenvalue weighted by molar-refractivity contribution is -0.138. The van der Waals surface area contributed by atoms with E-state index in [1.54, 1.807) is 13.8 Å². The quantitative estimate of drug-likeness (QED) is 0.520. The molecule has 0 aliphatic carbocycles. The highest BCUT2D eigenvalue weighted by Gasteiger charge is 2.02. The highest BCUT2D eigenvalue weighted by Crippen LogP contribution is 2.04. The molecular formula is C12H23NO2. The summed E-state index contributed by atoms with van der Waals surface area (Å²) >= 11 is 0. The summed E-state index contributed by atoms with van der Waals surface area (Å²) in [6, 6.07) is 0. The van der Waals surface area contributed by atoms with E-state index in [1.165, 1.54) is 32.4 Å². The van der Waals surface area contributed by atoms with Crippen molar-refractivity contribution in [1.82, 2.24) is 4.90 Å². The van der Waals surface area contributed by atoms with Crippen LogP contribution in [-0.2, 0) is 9.53 Å². The smallest absolute Gasteiger partial charge is 0.333 e. The van der Waals surface area contributed by atoms with Crippen LogP contribution in [0, 0.1) is 0 Å². The molecule has 1 aliphatic rings. The summed E-state index contributed by atoms with van der Waals surface area (Å²) in [7, 11) is 2.19. The van der Waals surface area contributed by atoms with Gasteiger partial charge in [-0.15, -0.1) is 0 Å². The maximum atomic E-state index is 10.4. The van der Waals surface area contributed by atoms with Gasteiger partial charge in [0, 0.05) is 5.57 Å². The summed E-state index contributed by atoms with van der Waals surface area (Å²) in [5, 5.41) is 0. The molecule has 0 aromatic heterocycles. The number of nitrogens with zero attached hydrogens (tertiary/aromatic N) is 1. The third kappa shape index (κ3) is 8.18. The summed E-state index contributed by atoms with van der Waals surface area (Å²) in [6.45, 7) is 9.85. The molecule has 1 rings (SSSR count). The van der Waals surface area contributed by atoms with E-state index in [4.69, 9.17) is 0 Å². The highest BCUT2D eigenvalue weighted by molar-refractivity contribution is 5.86. The van der Waals surface area contributed by atoms with Crippen molar-refractivity contribution in [2.24, 2.45) is 0 Å². The van der Waals surface area contributed by atoms with E-state index in [2.05, 4.69) is 23.3 Å². The standard InChI is InChI=1S/C6H13N.C6H10O2/c1-7-5-3-2-4-6-7;1-4-8-6(7)5(2)3/h2-6H2,1H3;2,4H2,1,3H3. The minimum atomic E-state index is -0.312. The SMILES string of the molecule is C=C(C)C(=O)OCC.CN1CCCCC1. The second kappa shape index (κ2) is 8.48. The molecule has 1 fully saturated rings. The van der Waals surface area contributed by atoms with Gasteiger partial charge in [0.2, 0.25) is 0 Å². The molecule has 0 N–H and O–H groups in total. The van der Waals surface area contributed by atoms with Gasteiger partial charge < -0.3 is 9.64 Å². The molecule has 15 heavy (non-hydrogen) atoms. The summed E-state index contributed by atoms with van der Waals surface area (Å²) < 4.78 is 4.56. The zero-order chi connectivity index (χ0) is 11.7.